The van der Waals surface area contributed by atoms with Crippen molar-refractivity contribution in [1.82, 2.24) is 0 Å². The summed E-state index contributed by atoms with van der Waals surface area (Å²) < 4.78 is 0.799. The van der Waals surface area contributed by atoms with E-state index in [0.29, 0.717) is 17.0 Å². The Hall–Kier alpha value is -1.12. The van der Waals surface area contributed by atoms with E-state index in [0.717, 1.165) is 16.5 Å². The number of benzene rings is 2. The molecule has 0 N–H and O–H groups in total. The average molecular weight is 350 g/mol. The van der Waals surface area contributed by atoms with Gasteiger partial charge in [0.15, 0.2) is 5.78 Å². The molecule has 3 rings (SSSR count). The monoisotopic (exact) mass is 348 g/mol. The van der Waals surface area contributed by atoms with E-state index >= 15 is 0 Å². The summed E-state index contributed by atoms with van der Waals surface area (Å²) in [6.07, 6.45) is 3.96. The van der Waals surface area contributed by atoms with E-state index in [4.69, 9.17) is 11.6 Å². The molecule has 1 aliphatic carbocycles. The minimum Gasteiger partial charge on any atom is -0.294 e. The second-order valence-electron chi connectivity index (χ2n) is 5.18. The van der Waals surface area contributed by atoms with Crippen LogP contribution in [0, 0.1) is 0 Å². The molecule has 3 heteroatoms. The molecule has 1 aliphatic rings. The number of carbonyl (C=O) groups is 1. The highest BCUT2D eigenvalue weighted by molar-refractivity contribution is 9.10. The minimum atomic E-state index is 0.0947. The number of hydrogen-bond acceptors (Lipinski definition) is 1. The first-order valence-electron chi connectivity index (χ1n) is 6.72. The first-order valence-corrected chi connectivity index (χ1v) is 7.89. The molecule has 102 valence electrons. The normalized spacial score (nSPS) is 13.3. The van der Waals surface area contributed by atoms with Crippen LogP contribution in [0.1, 0.15) is 33.5 Å². The molecular formula is C17H14BrClO. The lowest BCUT2D eigenvalue weighted by atomic mass is 9.99. The fourth-order valence-electron chi connectivity index (χ4n) is 2.73. The van der Waals surface area contributed by atoms with Gasteiger partial charge in [0.25, 0.3) is 0 Å². The van der Waals surface area contributed by atoms with Crippen LogP contribution in [0.2, 0.25) is 5.02 Å². The highest BCUT2D eigenvalue weighted by Crippen LogP contribution is 2.25. The van der Waals surface area contributed by atoms with Crippen LogP contribution in [0.15, 0.2) is 40.9 Å². The van der Waals surface area contributed by atoms with Crippen molar-refractivity contribution in [2.75, 3.05) is 0 Å². The Kier molecular flexibility index (Phi) is 3.95. The number of ketones is 1. The molecule has 0 saturated heterocycles. The third-order valence-electron chi connectivity index (χ3n) is 3.76. The summed E-state index contributed by atoms with van der Waals surface area (Å²) >= 11 is 9.38. The lowest BCUT2D eigenvalue weighted by molar-refractivity contribution is 0.0992. The Morgan fingerprint density at radius 1 is 1.10 bits per heavy atom. The lowest BCUT2D eigenvalue weighted by Gasteiger charge is -2.07. The fraction of sp³-hybridized carbons (Fsp3) is 0.235. The van der Waals surface area contributed by atoms with Gasteiger partial charge in [-0.2, -0.15) is 0 Å². The number of halogens is 2. The summed E-state index contributed by atoms with van der Waals surface area (Å²) in [6, 6.07) is 11.7. The van der Waals surface area contributed by atoms with Gasteiger partial charge >= 0.3 is 0 Å². The molecule has 2 aromatic rings. The molecule has 0 aromatic heterocycles. The van der Waals surface area contributed by atoms with Crippen molar-refractivity contribution in [3.63, 3.8) is 0 Å². The van der Waals surface area contributed by atoms with E-state index in [9.17, 15) is 4.79 Å². The number of Topliss-reactive ketones (excluding diaryl/α,β-unsaturated/α-hetero) is 1. The number of aryl methyl sites for hydroxylation is 2. The molecule has 20 heavy (non-hydrogen) atoms. The Bertz CT molecular complexity index is 679. The smallest absolute Gasteiger partial charge is 0.168 e. The fourth-order valence-corrected chi connectivity index (χ4v) is 3.37. The quantitative estimate of drug-likeness (QED) is 0.711. The molecule has 0 amide bonds. The lowest BCUT2D eigenvalue weighted by Crippen LogP contribution is -2.05. The van der Waals surface area contributed by atoms with Crippen LogP contribution in [0.25, 0.3) is 0 Å². The molecule has 0 saturated carbocycles. The molecule has 1 nitrogen and oxygen atoms in total. The third kappa shape index (κ3) is 2.82. The minimum absolute atomic E-state index is 0.0947. The summed E-state index contributed by atoms with van der Waals surface area (Å²) in [7, 11) is 0. The summed E-state index contributed by atoms with van der Waals surface area (Å²) in [4.78, 5) is 12.4. The van der Waals surface area contributed by atoms with Crippen LogP contribution in [-0.4, -0.2) is 5.78 Å². The van der Waals surface area contributed by atoms with Crippen molar-refractivity contribution < 1.29 is 4.79 Å². The Morgan fingerprint density at radius 3 is 2.75 bits per heavy atom. The highest BCUT2D eigenvalue weighted by atomic mass is 79.9. The molecule has 0 fully saturated rings. The average Bonchev–Trinajstić information content (AvgIpc) is 2.89. The predicted octanol–water partition coefficient (Wildman–Crippen LogP) is 5.02. The molecule has 0 spiro atoms. The van der Waals surface area contributed by atoms with E-state index in [1.54, 1.807) is 12.1 Å². The SMILES string of the molecule is O=C(Cc1ccc2c(c1)CCC2)c1cc(Cl)ccc1Br. The number of fused-ring (bicyclic) bond motifs is 1. The zero-order chi connectivity index (χ0) is 14.1. The standard InChI is InChI=1S/C17H14BrClO/c18-16-7-6-14(19)10-15(16)17(20)9-11-4-5-12-2-1-3-13(12)8-11/h4-8,10H,1-3,9H2. The number of carbonyl (C=O) groups excluding carboxylic acids is 1. The second-order valence-corrected chi connectivity index (χ2v) is 6.47. The van der Waals surface area contributed by atoms with Gasteiger partial charge in [-0.1, -0.05) is 45.7 Å². The van der Waals surface area contributed by atoms with Gasteiger partial charge in [-0.3, -0.25) is 4.79 Å². The summed E-state index contributed by atoms with van der Waals surface area (Å²) in [5.41, 5.74) is 4.58. The van der Waals surface area contributed by atoms with Crippen molar-refractivity contribution in [3.8, 4) is 0 Å². The molecule has 0 heterocycles. The van der Waals surface area contributed by atoms with Crippen molar-refractivity contribution >= 4 is 33.3 Å². The van der Waals surface area contributed by atoms with E-state index in [1.807, 2.05) is 6.07 Å². The second kappa shape index (κ2) is 5.71. The van der Waals surface area contributed by atoms with Crippen molar-refractivity contribution in [3.05, 3.63) is 68.1 Å². The number of rotatable bonds is 3. The maximum Gasteiger partial charge on any atom is 0.168 e. The topological polar surface area (TPSA) is 17.1 Å². The van der Waals surface area contributed by atoms with Crippen molar-refractivity contribution in [1.29, 1.82) is 0 Å². The van der Waals surface area contributed by atoms with Gasteiger partial charge in [0.1, 0.15) is 0 Å². The van der Waals surface area contributed by atoms with Gasteiger partial charge in [0, 0.05) is 21.5 Å². The first-order chi connectivity index (χ1) is 9.63. The van der Waals surface area contributed by atoms with Gasteiger partial charge in [-0.05, 0) is 54.2 Å². The van der Waals surface area contributed by atoms with E-state index in [2.05, 4.69) is 34.1 Å². The first kappa shape index (κ1) is 13.8. The molecule has 0 radical (unpaired) electrons. The number of hydrogen-bond donors (Lipinski definition) is 0. The Balaban J connectivity index is 1.84. The van der Waals surface area contributed by atoms with Gasteiger partial charge < -0.3 is 0 Å². The van der Waals surface area contributed by atoms with Crippen molar-refractivity contribution in [2.45, 2.75) is 25.7 Å². The largest absolute Gasteiger partial charge is 0.294 e. The molecule has 0 bridgehead atoms. The van der Waals surface area contributed by atoms with Crippen LogP contribution in [0.5, 0.6) is 0 Å². The van der Waals surface area contributed by atoms with Crippen molar-refractivity contribution in [2.24, 2.45) is 0 Å². The summed E-state index contributed by atoms with van der Waals surface area (Å²) in [5.74, 6) is 0.0947. The summed E-state index contributed by atoms with van der Waals surface area (Å²) in [6.45, 7) is 0. The van der Waals surface area contributed by atoms with Crippen LogP contribution in [0.4, 0.5) is 0 Å². The maximum atomic E-state index is 12.4. The predicted molar refractivity (Wildman–Crippen MR) is 85.7 cm³/mol. The van der Waals surface area contributed by atoms with E-state index in [-0.39, 0.29) is 5.78 Å². The molecule has 0 unspecified atom stereocenters. The van der Waals surface area contributed by atoms with Gasteiger partial charge in [0.2, 0.25) is 0 Å². The molecule has 2 aromatic carbocycles. The molecule has 0 aliphatic heterocycles. The highest BCUT2D eigenvalue weighted by Gasteiger charge is 2.14. The Labute approximate surface area is 132 Å². The van der Waals surface area contributed by atoms with E-state index < -0.39 is 0 Å². The van der Waals surface area contributed by atoms with Gasteiger partial charge in [0.05, 0.1) is 0 Å². The molecule has 0 atom stereocenters. The van der Waals surface area contributed by atoms with Crippen LogP contribution in [-0.2, 0) is 19.3 Å². The van der Waals surface area contributed by atoms with Gasteiger partial charge in [-0.25, -0.2) is 0 Å². The van der Waals surface area contributed by atoms with Crippen LogP contribution >= 0.6 is 27.5 Å². The zero-order valence-electron chi connectivity index (χ0n) is 11.0. The van der Waals surface area contributed by atoms with Crippen LogP contribution < -0.4 is 0 Å². The van der Waals surface area contributed by atoms with E-state index in [1.165, 1.54) is 24.0 Å². The summed E-state index contributed by atoms with van der Waals surface area (Å²) in [5, 5.41) is 0.588. The third-order valence-corrected chi connectivity index (χ3v) is 4.68. The maximum absolute atomic E-state index is 12.4. The van der Waals surface area contributed by atoms with Crippen LogP contribution in [0.3, 0.4) is 0 Å². The molecular weight excluding hydrogens is 336 g/mol. The Morgan fingerprint density at radius 2 is 1.90 bits per heavy atom. The zero-order valence-corrected chi connectivity index (χ0v) is 13.3. The van der Waals surface area contributed by atoms with Gasteiger partial charge in [-0.15, -0.1) is 0 Å².